The lowest BCUT2D eigenvalue weighted by Gasteiger charge is -2.49. The van der Waals surface area contributed by atoms with Gasteiger partial charge in [0.15, 0.2) is 0 Å². The number of anilines is 3. The Labute approximate surface area is 338 Å². The molecular weight excluding hydrogens is 687 g/mol. The van der Waals surface area contributed by atoms with Crippen molar-refractivity contribution in [2.24, 2.45) is 17.8 Å². The zero-order chi connectivity index (χ0) is 38.5. The van der Waals surface area contributed by atoms with Gasteiger partial charge in [-0.1, -0.05) is 154 Å². The molecule has 2 bridgehead atoms. The molecule has 1 heteroatoms. The highest BCUT2D eigenvalue weighted by atomic mass is 15.1. The number of para-hydroxylation sites is 1. The molecule has 4 aliphatic rings. The van der Waals surface area contributed by atoms with Crippen molar-refractivity contribution in [3.05, 3.63) is 198 Å². The summed E-state index contributed by atoms with van der Waals surface area (Å²) >= 11 is 0. The summed E-state index contributed by atoms with van der Waals surface area (Å²) in [7, 11) is 0. The summed E-state index contributed by atoms with van der Waals surface area (Å²) in [6.07, 6.45) is 6.56. The molecule has 0 amide bonds. The van der Waals surface area contributed by atoms with Gasteiger partial charge in [-0.3, -0.25) is 0 Å². The van der Waals surface area contributed by atoms with Gasteiger partial charge in [0.25, 0.3) is 0 Å². The maximum absolute atomic E-state index is 2.72. The van der Waals surface area contributed by atoms with Gasteiger partial charge in [-0.15, -0.1) is 0 Å². The number of hydrogen-bond donors (Lipinski definition) is 0. The first kappa shape index (κ1) is 34.3. The molecule has 1 fully saturated rings. The van der Waals surface area contributed by atoms with Crippen molar-refractivity contribution in [2.75, 3.05) is 4.90 Å². The molecule has 11 rings (SSSR count). The van der Waals surface area contributed by atoms with E-state index in [0.29, 0.717) is 17.8 Å². The first-order valence-corrected chi connectivity index (χ1v) is 21.0. The Hall–Kier alpha value is -5.92. The molecule has 4 atom stereocenters. The van der Waals surface area contributed by atoms with Gasteiger partial charge in [0.1, 0.15) is 0 Å². The van der Waals surface area contributed by atoms with Crippen LogP contribution in [0.15, 0.2) is 175 Å². The molecule has 4 unspecified atom stereocenters. The lowest BCUT2D eigenvalue weighted by atomic mass is 9.55. The number of nitrogens with zero attached hydrogens (tertiary/aromatic N) is 1. The molecule has 0 heterocycles. The van der Waals surface area contributed by atoms with Crippen LogP contribution in [-0.4, -0.2) is 0 Å². The second kappa shape index (κ2) is 12.8. The fourth-order valence-corrected chi connectivity index (χ4v) is 11.6. The van der Waals surface area contributed by atoms with Gasteiger partial charge in [-0.25, -0.2) is 0 Å². The van der Waals surface area contributed by atoms with Crippen molar-refractivity contribution < 1.29 is 0 Å². The van der Waals surface area contributed by atoms with Crippen molar-refractivity contribution in [3.8, 4) is 44.5 Å². The highest BCUT2D eigenvalue weighted by Gasteiger charge is 2.52. The van der Waals surface area contributed by atoms with Gasteiger partial charge in [-0.05, 0) is 148 Å². The average molecular weight is 736 g/mol. The monoisotopic (exact) mass is 735 g/mol. The van der Waals surface area contributed by atoms with E-state index in [9.17, 15) is 0 Å². The number of rotatable bonds is 5. The summed E-state index contributed by atoms with van der Waals surface area (Å²) in [6, 6.07) is 61.8. The Balaban J connectivity index is 1.19. The van der Waals surface area contributed by atoms with Crippen LogP contribution in [0.3, 0.4) is 0 Å². The number of allylic oxidation sites excluding steroid dienone is 2. The molecule has 7 aromatic rings. The van der Waals surface area contributed by atoms with Crippen LogP contribution < -0.4 is 4.90 Å². The highest BCUT2D eigenvalue weighted by Crippen LogP contribution is 2.63. The van der Waals surface area contributed by atoms with Crippen molar-refractivity contribution in [3.63, 3.8) is 0 Å². The fraction of sp³-hybridized carbons (Fsp3) is 0.214. The predicted octanol–water partition coefficient (Wildman–Crippen LogP) is 15.1. The van der Waals surface area contributed by atoms with E-state index < -0.39 is 0 Å². The molecule has 4 aliphatic carbocycles. The van der Waals surface area contributed by atoms with Crippen LogP contribution in [-0.2, 0) is 10.8 Å². The average Bonchev–Trinajstić information content (AvgIpc) is 3.65. The minimum Gasteiger partial charge on any atom is -0.310 e. The SMILES string of the molecule is CC1=CC2(c3ccccc3-c3cc(-c4ccc5c(c4)C(C)(C)c4ccccc4-5)c(N(c4ccccc4)c4ccc(-c5ccccc5)cc4)cc32)C2CC(C)CC1C2. The molecule has 0 radical (unpaired) electrons. The lowest BCUT2D eigenvalue weighted by Crippen LogP contribution is -2.42. The van der Waals surface area contributed by atoms with Gasteiger partial charge in [0.2, 0.25) is 0 Å². The number of benzene rings is 7. The van der Waals surface area contributed by atoms with Crippen molar-refractivity contribution >= 4 is 17.1 Å². The second-order valence-corrected chi connectivity index (χ2v) is 17.9. The number of hydrogen-bond acceptors (Lipinski definition) is 1. The Bertz CT molecular complexity index is 2720. The first-order chi connectivity index (χ1) is 27.8. The van der Waals surface area contributed by atoms with Gasteiger partial charge in [0, 0.05) is 27.8 Å². The Morgan fingerprint density at radius 1 is 0.474 bits per heavy atom. The van der Waals surface area contributed by atoms with Crippen LogP contribution in [0.25, 0.3) is 44.5 Å². The molecule has 0 aromatic heterocycles. The van der Waals surface area contributed by atoms with Gasteiger partial charge in [0.05, 0.1) is 5.69 Å². The molecule has 1 spiro atoms. The first-order valence-electron chi connectivity index (χ1n) is 21.0. The maximum atomic E-state index is 2.72. The van der Waals surface area contributed by atoms with Crippen LogP contribution in [0, 0.1) is 17.8 Å². The van der Waals surface area contributed by atoms with E-state index >= 15 is 0 Å². The summed E-state index contributed by atoms with van der Waals surface area (Å²) in [5.41, 5.74) is 21.1. The zero-order valence-corrected chi connectivity index (χ0v) is 33.5. The second-order valence-electron chi connectivity index (χ2n) is 17.9. The minimum absolute atomic E-state index is 0.0967. The van der Waals surface area contributed by atoms with Crippen LogP contribution in [0.5, 0.6) is 0 Å². The van der Waals surface area contributed by atoms with E-state index in [-0.39, 0.29) is 10.8 Å². The highest BCUT2D eigenvalue weighted by molar-refractivity contribution is 5.96. The van der Waals surface area contributed by atoms with Crippen LogP contribution in [0.1, 0.15) is 69.2 Å². The third-order valence-electron chi connectivity index (χ3n) is 14.3. The summed E-state index contributed by atoms with van der Waals surface area (Å²) in [4.78, 5) is 2.53. The van der Waals surface area contributed by atoms with E-state index in [2.05, 4.69) is 202 Å². The van der Waals surface area contributed by atoms with E-state index in [1.165, 1.54) is 91.7 Å². The summed E-state index contributed by atoms with van der Waals surface area (Å²) in [5, 5.41) is 0. The molecule has 0 aliphatic heterocycles. The van der Waals surface area contributed by atoms with Crippen LogP contribution >= 0.6 is 0 Å². The summed E-state index contributed by atoms with van der Waals surface area (Å²) < 4.78 is 0. The molecule has 278 valence electrons. The summed E-state index contributed by atoms with van der Waals surface area (Å²) in [6.45, 7) is 9.70. The Morgan fingerprint density at radius 3 is 1.82 bits per heavy atom. The molecular formula is C56H49N. The minimum atomic E-state index is -0.157. The van der Waals surface area contributed by atoms with E-state index in [1.807, 2.05) is 0 Å². The molecule has 0 N–H and O–H groups in total. The maximum Gasteiger partial charge on any atom is 0.0543 e. The fourth-order valence-electron chi connectivity index (χ4n) is 11.6. The Kier molecular flexibility index (Phi) is 7.71. The largest absolute Gasteiger partial charge is 0.310 e. The predicted molar refractivity (Wildman–Crippen MR) is 240 cm³/mol. The van der Waals surface area contributed by atoms with Crippen LogP contribution in [0.2, 0.25) is 0 Å². The number of fused-ring (bicyclic) bond motifs is 11. The lowest BCUT2D eigenvalue weighted by molar-refractivity contribution is 0.168. The van der Waals surface area contributed by atoms with Crippen molar-refractivity contribution in [1.82, 2.24) is 0 Å². The quantitative estimate of drug-likeness (QED) is 0.159. The zero-order valence-electron chi connectivity index (χ0n) is 33.5. The standard InChI is InChI=1S/C56H49N/c1-36-29-41-31-42(30-36)56(35-37(41)2)51-22-14-12-20-46(51)49-33-48(40-25-28-47-45-19-11-13-21-50(45)55(3,4)52(47)32-40)54(34-53(49)56)57(43-17-9-6-10-18-43)44-26-23-39(24-27-44)38-15-7-5-8-16-38/h5-28,32-36,41-42H,29-31H2,1-4H3. The molecule has 0 saturated heterocycles. The molecule has 1 nitrogen and oxygen atoms in total. The molecule has 7 aromatic carbocycles. The van der Waals surface area contributed by atoms with E-state index in [4.69, 9.17) is 0 Å². The third-order valence-corrected chi connectivity index (χ3v) is 14.3. The van der Waals surface area contributed by atoms with Gasteiger partial charge in [-0.2, -0.15) is 0 Å². The topological polar surface area (TPSA) is 3.24 Å². The van der Waals surface area contributed by atoms with Gasteiger partial charge < -0.3 is 4.90 Å². The van der Waals surface area contributed by atoms with Gasteiger partial charge >= 0.3 is 0 Å². The van der Waals surface area contributed by atoms with Crippen LogP contribution in [0.4, 0.5) is 17.1 Å². The van der Waals surface area contributed by atoms with Crippen molar-refractivity contribution in [1.29, 1.82) is 0 Å². The normalized spacial score (nSPS) is 22.0. The molecule has 1 saturated carbocycles. The Morgan fingerprint density at radius 2 is 1.07 bits per heavy atom. The summed E-state index contributed by atoms with van der Waals surface area (Å²) in [5.74, 6) is 1.96. The van der Waals surface area contributed by atoms with Crippen molar-refractivity contribution in [2.45, 2.75) is 57.8 Å². The smallest absolute Gasteiger partial charge is 0.0543 e. The van der Waals surface area contributed by atoms with E-state index in [0.717, 1.165) is 11.4 Å². The third kappa shape index (κ3) is 5.14. The van der Waals surface area contributed by atoms with E-state index in [1.54, 1.807) is 5.57 Å². The molecule has 57 heavy (non-hydrogen) atoms.